The average molecular weight is 1650 g/mol. The van der Waals surface area contributed by atoms with Gasteiger partial charge in [0.1, 0.15) is 11.5 Å². The molecular weight excluding hydrogens is 1500 g/mol. The molecule has 0 atom stereocenters. The maximum absolute atomic E-state index is 8.75. The van der Waals surface area contributed by atoms with Crippen molar-refractivity contribution in [3.8, 4) is 63.3 Å². The van der Waals surface area contributed by atoms with Crippen LogP contribution >= 0.6 is 0 Å². The van der Waals surface area contributed by atoms with Gasteiger partial charge in [-0.05, 0) is 236 Å². The van der Waals surface area contributed by atoms with E-state index in [1.54, 1.807) is 27.3 Å². The second kappa shape index (κ2) is 53.4. The number of terminal acetylenes is 1. The van der Waals surface area contributed by atoms with E-state index in [9.17, 15) is 0 Å². The zero-order valence-electron chi connectivity index (χ0n) is 86.3. The van der Waals surface area contributed by atoms with Gasteiger partial charge in [-0.2, -0.15) is 5.26 Å². The number of rotatable bonds is 18. The van der Waals surface area contributed by atoms with Crippen molar-refractivity contribution in [2.45, 2.75) is 206 Å². The summed E-state index contributed by atoms with van der Waals surface area (Å²) < 4.78 is 55.9. The van der Waals surface area contributed by atoms with Crippen LogP contribution in [-0.4, -0.2) is 70.5 Å². The molecule has 0 amide bonds. The Balaban J connectivity index is 0.000000306. The number of aryl methyl sites for hydroxylation is 4. The lowest BCUT2D eigenvalue weighted by Gasteiger charge is -2.26. The Bertz CT molecular complexity index is 5220. The molecule has 0 aliphatic carbocycles. The van der Waals surface area contributed by atoms with Crippen LogP contribution < -0.4 is 29.1 Å². The van der Waals surface area contributed by atoms with Gasteiger partial charge in [-0.1, -0.05) is 349 Å². The van der Waals surface area contributed by atoms with Crippen LogP contribution in [0.4, 0.5) is 22.7 Å². The predicted molar refractivity (Wildman–Crippen MR) is 543 cm³/mol. The van der Waals surface area contributed by atoms with Crippen LogP contribution in [0.25, 0.3) is 33.4 Å². The number of nitriles is 1. The molecule has 0 heterocycles. The first-order chi connectivity index (χ1) is 60.8. The van der Waals surface area contributed by atoms with Crippen molar-refractivity contribution < 1.29 is 17.7 Å². The SMILES string of the molecule is C#Cc1cc(C#N)cc(C(C)C)c1.CC(C)c1c(N(C)C)cccc1N(C)C.CC(C)c1ccc(-c2ccccc2)cc1.CC(C)c1ccccc1N(C)C.COc1ccccc1C(C)C.COc1ccccc1C(C)C.Cc1cc(-c2ccccc2)cc(C)c1C(C)C.[2H]C([2H])([2H])N(C)c1ccccc1C(C)C.[2H]C([2H])([2H])c1cc(-c2ccccc2)cc(C)c1C(C)C. The molecule has 0 radical (unpaired) electrons. The third kappa shape index (κ3) is 33.7. The number of para-hydroxylation sites is 4. The summed E-state index contributed by atoms with van der Waals surface area (Å²) in [5.41, 5.74) is 29.1. The minimum atomic E-state index is -2.08. The number of benzene rings is 12. The van der Waals surface area contributed by atoms with Gasteiger partial charge in [-0.15, -0.1) is 6.42 Å². The molecule has 0 bridgehead atoms. The maximum atomic E-state index is 8.75. The van der Waals surface area contributed by atoms with Crippen molar-refractivity contribution >= 4 is 22.7 Å². The van der Waals surface area contributed by atoms with Crippen molar-refractivity contribution in [2.24, 2.45) is 0 Å². The van der Waals surface area contributed by atoms with Crippen molar-refractivity contribution in [3.63, 3.8) is 0 Å². The summed E-state index contributed by atoms with van der Waals surface area (Å²) in [6.45, 7) is 41.2. The van der Waals surface area contributed by atoms with E-state index in [2.05, 4.69) is 345 Å². The van der Waals surface area contributed by atoms with Crippen LogP contribution in [0.3, 0.4) is 0 Å². The van der Waals surface area contributed by atoms with Gasteiger partial charge in [0.05, 0.1) is 25.9 Å². The molecule has 0 aliphatic heterocycles. The largest absolute Gasteiger partial charge is 0.496 e. The number of nitrogens with zero attached hydrogens (tertiary/aromatic N) is 5. The lowest BCUT2D eigenvalue weighted by molar-refractivity contribution is 0.407. The first-order valence-electron chi connectivity index (χ1n) is 46.6. The number of hydrogen-bond donors (Lipinski definition) is 0. The molecule has 123 heavy (non-hydrogen) atoms. The molecule has 0 N–H and O–H groups in total. The molecular formula is C116H151N5O2. The highest BCUT2D eigenvalue weighted by Gasteiger charge is 2.17. The Morgan fingerprint density at radius 1 is 0.285 bits per heavy atom. The summed E-state index contributed by atoms with van der Waals surface area (Å²) >= 11 is 0. The van der Waals surface area contributed by atoms with E-state index < -0.39 is 13.8 Å². The van der Waals surface area contributed by atoms with Crippen LogP contribution in [0.2, 0.25) is 0 Å². The van der Waals surface area contributed by atoms with E-state index in [4.69, 9.17) is 29.4 Å². The lowest BCUT2D eigenvalue weighted by atomic mass is 9.90. The summed E-state index contributed by atoms with van der Waals surface area (Å²) in [4.78, 5) is 7.88. The van der Waals surface area contributed by atoms with Crippen molar-refractivity contribution in [2.75, 3.05) is 90.1 Å². The minimum Gasteiger partial charge on any atom is -0.496 e. The number of ether oxygens (including phenoxy) is 2. The maximum Gasteiger partial charge on any atom is 0.122 e. The average Bonchev–Trinajstić information content (AvgIpc) is 0.776. The highest BCUT2D eigenvalue weighted by molar-refractivity contribution is 5.70. The Morgan fingerprint density at radius 3 is 0.886 bits per heavy atom. The molecule has 0 spiro atoms. The van der Waals surface area contributed by atoms with Crippen LogP contribution in [0.15, 0.2) is 273 Å². The first-order valence-corrected chi connectivity index (χ1v) is 43.6. The van der Waals surface area contributed by atoms with Crippen LogP contribution in [-0.2, 0) is 0 Å². The Kier molecular flexibility index (Phi) is 40.7. The Labute approximate surface area is 756 Å². The smallest absolute Gasteiger partial charge is 0.122 e. The lowest BCUT2D eigenvalue weighted by Crippen LogP contribution is -2.17. The molecule has 7 nitrogen and oxygen atoms in total. The topological polar surface area (TPSA) is 55.2 Å². The molecule has 12 aromatic carbocycles. The van der Waals surface area contributed by atoms with Gasteiger partial charge in [0, 0.05) is 98.4 Å². The van der Waals surface area contributed by atoms with Gasteiger partial charge in [-0.3, -0.25) is 0 Å². The van der Waals surface area contributed by atoms with Crippen LogP contribution in [0.1, 0.15) is 270 Å². The van der Waals surface area contributed by atoms with Gasteiger partial charge in [0.2, 0.25) is 0 Å². The van der Waals surface area contributed by atoms with Gasteiger partial charge >= 0.3 is 0 Å². The molecule has 12 rings (SSSR count). The normalized spacial score (nSPS) is 11.4. The molecule has 12 aromatic rings. The number of methoxy groups -OCH3 is 2. The molecule has 0 fully saturated rings. The monoisotopic (exact) mass is 1650 g/mol. The summed E-state index contributed by atoms with van der Waals surface area (Å²) in [6.07, 6.45) is 5.28. The summed E-state index contributed by atoms with van der Waals surface area (Å²) in [7, 11) is 17.6. The summed E-state index contributed by atoms with van der Waals surface area (Å²) in [5.74, 6) is 8.87. The van der Waals surface area contributed by atoms with Crippen molar-refractivity contribution in [1.82, 2.24) is 0 Å². The second-order valence-electron chi connectivity index (χ2n) is 34.5. The standard InChI is InChI=1S/2C17H20.C15H16.C13H22N2.C12H11N.2C11H17N.2C10H14O/c2*1-12(2)17-13(3)10-16(11-14(17)4)15-8-6-5-7-9-15;1-12(2)13-8-10-15(11-9-13)14-6-4-3-5-7-14;1-10(2)13-11(14(3)4)8-7-9-12(13)15(5)6;1-4-10-5-11(8-13)7-12(6-10)9(2)3;2*1-9(2)10-7-5-6-8-11(10)12(3)4;2*1-8(2)9-6-4-5-7-10(9)11-3/h2*5-12H,1-4H3;3-12H,1-2H3;7-10H,1-6H3;1,5-7,9H,2-3H3;2*5-9H,1-4H3;2*4-8H,1-3H3/i3D3;;;;;3D3;;;. The third-order valence-electron chi connectivity index (χ3n) is 21.0. The zero-order chi connectivity index (χ0) is 96.7. The van der Waals surface area contributed by atoms with E-state index in [1.807, 2.05) is 136 Å². The van der Waals surface area contributed by atoms with Gasteiger partial charge in [0.15, 0.2) is 0 Å². The summed E-state index contributed by atoms with van der Waals surface area (Å²) in [6, 6.07) is 94.9. The quantitative estimate of drug-likeness (QED) is 0.0794. The van der Waals surface area contributed by atoms with E-state index in [0.29, 0.717) is 58.5 Å². The molecule has 0 saturated carbocycles. The molecule has 0 aromatic heterocycles. The van der Waals surface area contributed by atoms with Gasteiger partial charge < -0.3 is 29.1 Å². The Hall–Kier alpha value is -11.5. The number of anilines is 4. The van der Waals surface area contributed by atoms with Crippen LogP contribution in [0, 0.1) is 51.3 Å². The fourth-order valence-electron chi connectivity index (χ4n) is 14.7. The second-order valence-corrected chi connectivity index (χ2v) is 34.5. The van der Waals surface area contributed by atoms with Crippen LogP contribution in [0.5, 0.6) is 11.5 Å². The van der Waals surface area contributed by atoms with Gasteiger partial charge in [0.25, 0.3) is 0 Å². The fraction of sp³-hybridized carbons (Fsp3) is 0.353. The van der Waals surface area contributed by atoms with E-state index in [-0.39, 0.29) is 5.92 Å². The predicted octanol–water partition coefficient (Wildman–Crippen LogP) is 31.7. The zero-order valence-corrected chi connectivity index (χ0v) is 80.3. The van der Waals surface area contributed by atoms with Crippen molar-refractivity contribution in [1.29, 1.82) is 5.26 Å². The number of hydrogen-bond acceptors (Lipinski definition) is 7. The van der Waals surface area contributed by atoms with E-state index >= 15 is 0 Å². The fourth-order valence-corrected chi connectivity index (χ4v) is 14.7. The minimum absolute atomic E-state index is 0.204. The van der Waals surface area contributed by atoms with E-state index in [1.165, 1.54) is 88.7 Å². The third-order valence-corrected chi connectivity index (χ3v) is 21.0. The highest BCUT2D eigenvalue weighted by Crippen LogP contribution is 2.37. The Morgan fingerprint density at radius 2 is 0.585 bits per heavy atom. The first kappa shape index (κ1) is 93.8. The summed E-state index contributed by atoms with van der Waals surface area (Å²) in [5, 5.41) is 8.75. The molecule has 652 valence electrons. The van der Waals surface area contributed by atoms with Crippen molar-refractivity contribution in [3.05, 3.63) is 356 Å². The van der Waals surface area contributed by atoms with Gasteiger partial charge in [-0.25, -0.2) is 0 Å². The highest BCUT2D eigenvalue weighted by atomic mass is 16.5. The molecule has 7 heteroatoms. The molecule has 0 aliphatic rings. The molecule has 0 saturated heterocycles. The molecule has 0 unspecified atom stereocenters. The van der Waals surface area contributed by atoms with E-state index in [0.717, 1.165) is 56.1 Å².